The minimum absolute atomic E-state index is 0.698. The lowest BCUT2D eigenvalue weighted by molar-refractivity contribution is 0.112. The Kier molecular flexibility index (Phi) is 4.19. The van der Waals surface area contributed by atoms with Crippen LogP contribution < -0.4 is 5.32 Å². The summed E-state index contributed by atoms with van der Waals surface area (Å²) in [5.41, 5.74) is 0. The van der Waals surface area contributed by atoms with Crippen LogP contribution >= 0.6 is 0 Å². The molecular formula is C17H32N2. The Bertz CT molecular complexity index is 302. The van der Waals surface area contributed by atoms with Crippen LogP contribution in [0.5, 0.6) is 0 Å². The Morgan fingerprint density at radius 2 is 1.95 bits per heavy atom. The molecule has 2 aliphatic carbocycles. The first kappa shape index (κ1) is 13.9. The molecule has 0 aromatic rings. The quantitative estimate of drug-likeness (QED) is 0.842. The highest BCUT2D eigenvalue weighted by Crippen LogP contribution is 2.50. The van der Waals surface area contributed by atoms with Crippen LogP contribution in [0.25, 0.3) is 0 Å². The van der Waals surface area contributed by atoms with E-state index in [4.69, 9.17) is 0 Å². The standard InChI is InChI=1S/C17H32N2/c1-12(2)17-11-19(8-4-7-18-17)13(3)16-10-14-5-6-15(16)9-14/h12-18H,4-11H2,1-3H3. The molecule has 0 radical (unpaired) electrons. The first-order valence-corrected chi connectivity index (χ1v) is 8.62. The van der Waals surface area contributed by atoms with E-state index in [1.54, 1.807) is 6.42 Å². The number of hydrogen-bond donors (Lipinski definition) is 1. The average molecular weight is 264 g/mol. The fraction of sp³-hybridized carbons (Fsp3) is 1.00. The van der Waals surface area contributed by atoms with Gasteiger partial charge in [-0.2, -0.15) is 0 Å². The highest BCUT2D eigenvalue weighted by molar-refractivity contribution is 4.95. The van der Waals surface area contributed by atoms with Crippen LogP contribution in [0.3, 0.4) is 0 Å². The Morgan fingerprint density at radius 3 is 2.58 bits per heavy atom. The highest BCUT2D eigenvalue weighted by atomic mass is 15.2. The third-order valence-electron chi connectivity index (χ3n) is 6.25. The summed E-state index contributed by atoms with van der Waals surface area (Å²) in [7, 11) is 0. The van der Waals surface area contributed by atoms with Crippen molar-refractivity contribution in [2.75, 3.05) is 19.6 Å². The molecule has 0 amide bonds. The van der Waals surface area contributed by atoms with Crippen LogP contribution in [-0.4, -0.2) is 36.6 Å². The van der Waals surface area contributed by atoms with Gasteiger partial charge in [0.2, 0.25) is 0 Å². The minimum Gasteiger partial charge on any atom is -0.312 e. The molecule has 5 atom stereocenters. The van der Waals surface area contributed by atoms with Gasteiger partial charge in [0.1, 0.15) is 0 Å². The predicted octanol–water partition coefficient (Wildman–Crippen LogP) is 3.13. The molecule has 2 bridgehead atoms. The predicted molar refractivity (Wildman–Crippen MR) is 81.2 cm³/mol. The lowest BCUT2D eigenvalue weighted by atomic mass is 9.83. The van der Waals surface area contributed by atoms with E-state index in [1.807, 2.05) is 0 Å². The molecule has 1 saturated heterocycles. The van der Waals surface area contributed by atoms with Crippen LogP contribution in [0.15, 0.2) is 0 Å². The van der Waals surface area contributed by atoms with Crippen molar-refractivity contribution < 1.29 is 0 Å². The third-order valence-corrected chi connectivity index (χ3v) is 6.25. The summed E-state index contributed by atoms with van der Waals surface area (Å²) in [6, 6.07) is 1.51. The minimum atomic E-state index is 0.698. The molecule has 19 heavy (non-hydrogen) atoms. The Labute approximate surface area is 119 Å². The van der Waals surface area contributed by atoms with Crippen molar-refractivity contribution in [3.63, 3.8) is 0 Å². The highest BCUT2D eigenvalue weighted by Gasteiger charge is 2.43. The molecule has 0 aromatic heterocycles. The van der Waals surface area contributed by atoms with Gasteiger partial charge in [0, 0.05) is 18.6 Å². The normalized spacial score (nSPS) is 41.7. The lowest BCUT2D eigenvalue weighted by Gasteiger charge is -2.38. The molecule has 1 N–H and O–H groups in total. The van der Waals surface area contributed by atoms with Crippen LogP contribution in [-0.2, 0) is 0 Å². The van der Waals surface area contributed by atoms with Crippen molar-refractivity contribution in [3.05, 3.63) is 0 Å². The fourth-order valence-electron chi connectivity index (χ4n) is 4.95. The van der Waals surface area contributed by atoms with E-state index in [9.17, 15) is 0 Å². The second-order valence-electron chi connectivity index (χ2n) is 7.73. The first-order valence-electron chi connectivity index (χ1n) is 8.62. The number of rotatable bonds is 3. The summed E-state index contributed by atoms with van der Waals surface area (Å²) < 4.78 is 0. The van der Waals surface area contributed by atoms with E-state index in [0.717, 1.165) is 29.7 Å². The molecule has 2 heteroatoms. The molecule has 0 aromatic carbocycles. The van der Waals surface area contributed by atoms with Gasteiger partial charge in [-0.05, 0) is 69.4 Å². The van der Waals surface area contributed by atoms with Crippen LogP contribution in [0.4, 0.5) is 0 Å². The monoisotopic (exact) mass is 264 g/mol. The van der Waals surface area contributed by atoms with Gasteiger partial charge in [-0.25, -0.2) is 0 Å². The third kappa shape index (κ3) is 2.85. The largest absolute Gasteiger partial charge is 0.312 e. The van der Waals surface area contributed by atoms with E-state index in [0.29, 0.717) is 6.04 Å². The molecule has 3 fully saturated rings. The molecule has 1 aliphatic heterocycles. The first-order chi connectivity index (χ1) is 9.15. The van der Waals surface area contributed by atoms with Gasteiger partial charge in [-0.3, -0.25) is 4.90 Å². The Hall–Kier alpha value is -0.0800. The maximum atomic E-state index is 3.75. The number of nitrogens with zero attached hydrogens (tertiary/aromatic N) is 1. The molecule has 0 spiro atoms. The molecule has 5 unspecified atom stereocenters. The van der Waals surface area contributed by atoms with Crippen LogP contribution in [0.1, 0.15) is 52.9 Å². The molecule has 110 valence electrons. The van der Waals surface area contributed by atoms with Crippen molar-refractivity contribution in [2.45, 2.75) is 65.0 Å². The summed E-state index contributed by atoms with van der Waals surface area (Å²) in [4.78, 5) is 2.82. The zero-order chi connectivity index (χ0) is 13.4. The number of nitrogens with one attached hydrogen (secondary N) is 1. The molecule has 2 nitrogen and oxygen atoms in total. The van der Waals surface area contributed by atoms with Crippen molar-refractivity contribution in [1.82, 2.24) is 10.2 Å². The van der Waals surface area contributed by atoms with Crippen molar-refractivity contribution in [3.8, 4) is 0 Å². The van der Waals surface area contributed by atoms with Gasteiger partial charge in [0.15, 0.2) is 0 Å². The molecular weight excluding hydrogens is 232 g/mol. The maximum Gasteiger partial charge on any atom is 0.0218 e. The van der Waals surface area contributed by atoms with Gasteiger partial charge < -0.3 is 5.32 Å². The molecule has 3 aliphatic rings. The second-order valence-corrected chi connectivity index (χ2v) is 7.73. The SMILES string of the molecule is CC(C)C1CN(C(C)C2CC3CCC2C3)CCCN1. The van der Waals surface area contributed by atoms with Crippen molar-refractivity contribution in [1.29, 1.82) is 0 Å². The summed E-state index contributed by atoms with van der Waals surface area (Å²) in [6.07, 6.45) is 7.47. The van der Waals surface area contributed by atoms with Crippen LogP contribution in [0, 0.1) is 23.7 Å². The average Bonchev–Trinajstić information content (AvgIpc) is 2.92. The van der Waals surface area contributed by atoms with Crippen molar-refractivity contribution >= 4 is 0 Å². The van der Waals surface area contributed by atoms with Gasteiger partial charge in [-0.1, -0.05) is 20.3 Å². The number of fused-ring (bicyclic) bond motifs is 2. The lowest BCUT2D eigenvalue weighted by Crippen LogP contribution is -2.47. The Balaban J connectivity index is 1.63. The van der Waals surface area contributed by atoms with Gasteiger partial charge in [-0.15, -0.1) is 0 Å². The summed E-state index contributed by atoms with van der Waals surface area (Å²) in [5, 5.41) is 3.75. The Morgan fingerprint density at radius 1 is 1.11 bits per heavy atom. The summed E-state index contributed by atoms with van der Waals surface area (Å²) in [6.45, 7) is 11.0. The van der Waals surface area contributed by atoms with E-state index in [-0.39, 0.29) is 0 Å². The number of hydrogen-bond acceptors (Lipinski definition) is 2. The van der Waals surface area contributed by atoms with Gasteiger partial charge in [0.05, 0.1) is 0 Å². The fourth-order valence-corrected chi connectivity index (χ4v) is 4.95. The van der Waals surface area contributed by atoms with Gasteiger partial charge >= 0.3 is 0 Å². The van der Waals surface area contributed by atoms with Crippen molar-refractivity contribution in [2.24, 2.45) is 23.7 Å². The smallest absolute Gasteiger partial charge is 0.0218 e. The second kappa shape index (κ2) is 5.73. The van der Waals surface area contributed by atoms with Crippen LogP contribution in [0.2, 0.25) is 0 Å². The molecule has 3 rings (SSSR count). The topological polar surface area (TPSA) is 15.3 Å². The van der Waals surface area contributed by atoms with E-state index < -0.39 is 0 Å². The zero-order valence-electron chi connectivity index (χ0n) is 13.1. The van der Waals surface area contributed by atoms with E-state index in [2.05, 4.69) is 31.0 Å². The van der Waals surface area contributed by atoms with E-state index >= 15 is 0 Å². The molecule has 2 saturated carbocycles. The summed E-state index contributed by atoms with van der Waals surface area (Å²) in [5.74, 6) is 3.91. The zero-order valence-corrected chi connectivity index (χ0v) is 13.1. The maximum absolute atomic E-state index is 3.75. The molecule has 1 heterocycles. The van der Waals surface area contributed by atoms with Gasteiger partial charge in [0.25, 0.3) is 0 Å². The summed E-state index contributed by atoms with van der Waals surface area (Å²) >= 11 is 0. The van der Waals surface area contributed by atoms with E-state index in [1.165, 1.54) is 45.3 Å².